The van der Waals surface area contributed by atoms with Crippen molar-refractivity contribution in [3.8, 4) is 0 Å². The normalized spacial score (nSPS) is 23.1. The summed E-state index contributed by atoms with van der Waals surface area (Å²) < 4.78 is 275. The molecule has 40 heavy (non-hydrogen) atoms. The maximum absolute atomic E-state index is 13.9. The predicted molar refractivity (Wildman–Crippen MR) is 89.9 cm³/mol. The second-order valence-corrected chi connectivity index (χ2v) is 11.0. The first-order valence-electron chi connectivity index (χ1n) is 8.96. The smallest absolute Gasteiger partial charge is 0.257 e. The third-order valence-corrected chi connectivity index (χ3v) is 8.55. The number of aryl methyl sites for hydroxylation is 1. The van der Waals surface area contributed by atoms with Crippen LogP contribution in [0.5, 0.6) is 0 Å². The fraction of sp³-hybridized carbons (Fsp3) is 0.600. The summed E-state index contributed by atoms with van der Waals surface area (Å²) in [5, 5.41) is 0. The number of hydrogen-bond donors (Lipinski definition) is 0. The molecule has 0 fully saturated rings. The lowest BCUT2D eigenvalue weighted by molar-refractivity contribution is -0.438. The van der Waals surface area contributed by atoms with Crippen molar-refractivity contribution < 1.29 is 99.4 Å². The van der Waals surface area contributed by atoms with Gasteiger partial charge in [-0.05, 0) is 13.0 Å². The largest absolute Gasteiger partial charge is 0.524 e. The second-order valence-electron chi connectivity index (χ2n) is 7.44. The van der Waals surface area contributed by atoms with Crippen LogP contribution in [-0.4, -0.2) is 50.4 Å². The van der Waals surface area contributed by atoms with E-state index >= 15 is 0 Å². The molecule has 1 atom stereocenters. The molecule has 5 nitrogen and oxygen atoms in total. The van der Waals surface area contributed by atoms with E-state index in [1.807, 2.05) is 0 Å². The molecule has 0 saturated heterocycles. The van der Waals surface area contributed by atoms with Crippen LogP contribution in [0.3, 0.4) is 0 Å². The Morgan fingerprint density at radius 1 is 0.725 bits per heavy atom. The van der Waals surface area contributed by atoms with Gasteiger partial charge in [0.2, 0.25) is 0 Å². The van der Waals surface area contributed by atoms with Crippen molar-refractivity contribution in [2.75, 3.05) is 0 Å². The average Bonchev–Trinajstić information content (AvgIpc) is 2.92. The van der Waals surface area contributed by atoms with E-state index < -0.39 is 96.7 Å². The van der Waals surface area contributed by atoms with Crippen LogP contribution in [0.1, 0.15) is 11.1 Å². The van der Waals surface area contributed by atoms with Crippen LogP contribution in [0.4, 0.5) is 79.0 Å². The molecule has 0 amide bonds. The predicted octanol–water partition coefficient (Wildman–Crippen LogP) is 7.56. The molecule has 234 valence electrons. The lowest BCUT2D eigenvalue weighted by atomic mass is 9.91. The molecule has 0 aromatic heterocycles. The molecule has 0 radical (unpaired) electrons. The Bertz CT molecular complexity index is 1190. The highest BCUT2D eigenvalue weighted by Gasteiger charge is 2.90. The van der Waals surface area contributed by atoms with Gasteiger partial charge in [-0.25, -0.2) is 0 Å². The zero-order chi connectivity index (χ0) is 32.0. The number of fused-ring (bicyclic) bond motifs is 1. The fourth-order valence-electron chi connectivity index (χ4n) is 3.02. The summed E-state index contributed by atoms with van der Waals surface area (Å²) >= 11 is 0. The van der Waals surface area contributed by atoms with E-state index in [1.165, 1.54) is 0 Å². The van der Waals surface area contributed by atoms with Crippen molar-refractivity contribution in [3.63, 3.8) is 0 Å². The number of alkyl halides is 18. The first-order chi connectivity index (χ1) is 17.2. The Hall–Kier alpha value is -1.86. The summed E-state index contributed by atoms with van der Waals surface area (Å²) in [6, 6.07) is -0.760. The Labute approximate surface area is 210 Å². The maximum atomic E-state index is 13.9. The molecular formula is C15H6F18O5S2. The van der Waals surface area contributed by atoms with Crippen molar-refractivity contribution in [1.82, 2.24) is 0 Å². The van der Waals surface area contributed by atoms with Gasteiger partial charge < -0.3 is 0 Å². The minimum absolute atomic E-state index is 0.149. The summed E-state index contributed by atoms with van der Waals surface area (Å²) in [6.45, 7) is 0.604. The van der Waals surface area contributed by atoms with Gasteiger partial charge in [0, 0.05) is 5.56 Å². The standard InChI is InChI=1S/C15H6F18O5S2/c1-5-2-3-7-6(4-5)8(10(16,17)18,11(19,20)21)36-39(7,38-40(34,35)15(31,32)33)37-9(12(22,23)24,13(25,26)27)14(28,29)30/h2-4H,1H3. The Balaban J connectivity index is 3.27. The number of halogens is 18. The monoisotopic (exact) mass is 672 g/mol. The van der Waals surface area contributed by atoms with Crippen LogP contribution >= 0.6 is 10.9 Å². The first kappa shape index (κ1) is 34.3. The summed E-state index contributed by atoms with van der Waals surface area (Å²) in [7, 11) is -15.7. The van der Waals surface area contributed by atoms with Crippen LogP contribution in [-0.2, 0) is 27.7 Å². The minimum Gasteiger partial charge on any atom is -0.257 e. The first-order valence-corrected chi connectivity index (χ1v) is 11.8. The Morgan fingerprint density at radius 2 is 1.12 bits per heavy atom. The van der Waals surface area contributed by atoms with Gasteiger partial charge in [-0.1, -0.05) is 17.7 Å². The maximum Gasteiger partial charge on any atom is 0.524 e. The van der Waals surface area contributed by atoms with E-state index in [0.717, 1.165) is 0 Å². The van der Waals surface area contributed by atoms with E-state index in [2.05, 4.69) is 12.0 Å². The number of benzene rings is 1. The van der Waals surface area contributed by atoms with E-state index in [4.69, 9.17) is 0 Å². The third-order valence-electron chi connectivity index (χ3n) is 4.71. The molecule has 1 heterocycles. The number of hydrogen-bond acceptors (Lipinski definition) is 5. The summed E-state index contributed by atoms with van der Waals surface area (Å²) in [4.78, 5) is -2.75. The quantitative estimate of drug-likeness (QED) is 0.244. The van der Waals surface area contributed by atoms with Gasteiger partial charge >= 0.3 is 57.7 Å². The lowest BCUT2D eigenvalue weighted by Crippen LogP contribution is -2.68. The van der Waals surface area contributed by atoms with Crippen molar-refractivity contribution in [1.29, 1.82) is 0 Å². The van der Waals surface area contributed by atoms with Gasteiger partial charge in [-0.3, -0.25) is 8.37 Å². The van der Waals surface area contributed by atoms with Crippen molar-refractivity contribution in [3.05, 3.63) is 29.3 Å². The molecule has 25 heteroatoms. The van der Waals surface area contributed by atoms with Crippen LogP contribution in [0.25, 0.3) is 0 Å². The molecule has 0 aliphatic carbocycles. The van der Waals surface area contributed by atoms with Crippen LogP contribution in [0.15, 0.2) is 23.1 Å². The second kappa shape index (κ2) is 9.07. The molecule has 2 rings (SSSR count). The van der Waals surface area contributed by atoms with Gasteiger partial charge in [0.05, 0.1) is 4.90 Å². The highest BCUT2D eigenvalue weighted by atomic mass is 32.3. The minimum atomic E-state index is -8.02. The van der Waals surface area contributed by atoms with Gasteiger partial charge in [0.1, 0.15) is 10.9 Å². The van der Waals surface area contributed by atoms with Gasteiger partial charge in [-0.15, -0.1) is 0 Å². The van der Waals surface area contributed by atoms with Gasteiger partial charge in [0.25, 0.3) is 0 Å². The zero-order valence-corrected chi connectivity index (χ0v) is 19.5. The zero-order valence-electron chi connectivity index (χ0n) is 17.9. The number of rotatable bonds is 4. The van der Waals surface area contributed by atoms with Crippen LogP contribution in [0, 0.1) is 6.92 Å². The average molecular weight is 672 g/mol. The molecule has 1 aliphatic heterocycles. The van der Waals surface area contributed by atoms with E-state index in [-0.39, 0.29) is 6.07 Å². The van der Waals surface area contributed by atoms with Crippen LogP contribution in [0.2, 0.25) is 0 Å². The van der Waals surface area contributed by atoms with Gasteiger partial charge in [-0.2, -0.15) is 91.1 Å². The van der Waals surface area contributed by atoms with E-state index in [0.29, 0.717) is 6.92 Å². The van der Waals surface area contributed by atoms with Crippen molar-refractivity contribution in [2.24, 2.45) is 0 Å². The van der Waals surface area contributed by atoms with Crippen molar-refractivity contribution in [2.45, 2.75) is 59.4 Å². The van der Waals surface area contributed by atoms with Gasteiger partial charge in [0.15, 0.2) is 0 Å². The summed E-state index contributed by atoms with van der Waals surface area (Å²) in [6.07, 6.45) is -38.4. The molecule has 1 unspecified atom stereocenters. The van der Waals surface area contributed by atoms with E-state index in [1.54, 1.807) is 0 Å². The molecule has 1 aromatic rings. The topological polar surface area (TPSA) is 61.8 Å². The lowest BCUT2D eigenvalue weighted by Gasteiger charge is -2.45. The SMILES string of the molecule is Cc1ccc2c(c1)C(C(F)(F)F)(C(F)(F)F)OS2(OC(C(F)(F)F)(C(F)(F)F)C(F)(F)F)OS(=O)(=O)C(F)(F)F. The summed E-state index contributed by atoms with van der Waals surface area (Å²) in [5.41, 5.74) is -25.1. The molecule has 0 spiro atoms. The highest BCUT2D eigenvalue weighted by Crippen LogP contribution is 2.79. The summed E-state index contributed by atoms with van der Waals surface area (Å²) in [5.74, 6) is 0. The Kier molecular flexibility index (Phi) is 7.79. The third kappa shape index (κ3) is 4.93. The molecule has 1 aliphatic rings. The van der Waals surface area contributed by atoms with E-state index in [9.17, 15) is 87.4 Å². The molecular weight excluding hydrogens is 666 g/mol. The Morgan fingerprint density at radius 3 is 1.45 bits per heavy atom. The molecule has 1 aromatic carbocycles. The van der Waals surface area contributed by atoms with Crippen molar-refractivity contribution >= 4 is 21.0 Å². The van der Waals surface area contributed by atoms with Crippen LogP contribution < -0.4 is 0 Å². The molecule has 0 bridgehead atoms. The molecule has 0 saturated carbocycles. The molecule has 0 N–H and O–H groups in total. The fourth-order valence-corrected chi connectivity index (χ4v) is 6.93. The highest BCUT2D eigenvalue weighted by molar-refractivity contribution is 8.26.